The minimum atomic E-state index is -0.813. The van der Waals surface area contributed by atoms with Gasteiger partial charge in [-0.1, -0.05) is 13.8 Å². The Morgan fingerprint density at radius 2 is 2.11 bits per heavy atom. The lowest BCUT2D eigenvalue weighted by Crippen LogP contribution is -2.53. The lowest BCUT2D eigenvalue weighted by Gasteiger charge is -2.35. The Morgan fingerprint density at radius 1 is 1.47 bits per heavy atom. The van der Waals surface area contributed by atoms with Gasteiger partial charge in [0.1, 0.15) is 5.54 Å². The number of carbonyl (C=O) groups is 1. The van der Waals surface area contributed by atoms with E-state index in [-0.39, 0.29) is 0 Å². The van der Waals surface area contributed by atoms with E-state index in [0.717, 1.165) is 32.0 Å². The third-order valence-corrected chi connectivity index (χ3v) is 4.16. The average molecular weight is 270 g/mol. The fraction of sp³-hybridized carbons (Fsp3) is 0.933. The van der Waals surface area contributed by atoms with Crippen molar-refractivity contribution in [3.63, 3.8) is 0 Å². The van der Waals surface area contributed by atoms with Crippen molar-refractivity contribution in [2.45, 2.75) is 65.0 Å². The summed E-state index contributed by atoms with van der Waals surface area (Å²) in [5, 5.41) is 12.7. The van der Waals surface area contributed by atoms with E-state index < -0.39 is 11.5 Å². The first kappa shape index (κ1) is 16.4. The molecule has 19 heavy (non-hydrogen) atoms. The molecule has 4 nitrogen and oxygen atoms in total. The minimum absolute atomic E-state index is 0.302. The van der Waals surface area contributed by atoms with Gasteiger partial charge in [0.25, 0.3) is 0 Å². The molecule has 0 aromatic heterocycles. The van der Waals surface area contributed by atoms with E-state index in [1.165, 1.54) is 12.8 Å². The molecule has 0 radical (unpaired) electrons. The molecule has 1 saturated carbocycles. The van der Waals surface area contributed by atoms with Gasteiger partial charge in [0.2, 0.25) is 0 Å². The van der Waals surface area contributed by atoms with Crippen molar-refractivity contribution in [3.8, 4) is 0 Å². The topological polar surface area (TPSA) is 52.6 Å². The van der Waals surface area contributed by atoms with E-state index in [1.54, 1.807) is 0 Å². The third kappa shape index (κ3) is 5.11. The summed E-state index contributed by atoms with van der Waals surface area (Å²) in [6, 6.07) is 0.302. The maximum absolute atomic E-state index is 11.5. The Labute approximate surface area is 117 Å². The van der Waals surface area contributed by atoms with Crippen molar-refractivity contribution in [2.75, 3.05) is 19.6 Å². The number of hydrogen-bond donors (Lipinski definition) is 2. The van der Waals surface area contributed by atoms with Gasteiger partial charge in [-0.3, -0.25) is 4.79 Å². The van der Waals surface area contributed by atoms with Crippen molar-refractivity contribution in [2.24, 2.45) is 5.92 Å². The molecule has 4 heteroatoms. The van der Waals surface area contributed by atoms with E-state index in [9.17, 15) is 9.90 Å². The maximum atomic E-state index is 11.5. The SMILES string of the molecule is CCCNC(C)(CC(C)N(CC)CC1CC1)C(=O)O. The van der Waals surface area contributed by atoms with E-state index in [1.807, 2.05) is 6.92 Å². The predicted octanol–water partition coefficient (Wildman–Crippen LogP) is 2.34. The van der Waals surface area contributed by atoms with Crippen molar-refractivity contribution in [1.82, 2.24) is 10.2 Å². The molecule has 0 aliphatic heterocycles. The molecule has 0 spiro atoms. The second-order valence-electron chi connectivity index (χ2n) is 6.15. The first-order valence-corrected chi connectivity index (χ1v) is 7.65. The van der Waals surface area contributed by atoms with Crippen LogP contribution < -0.4 is 5.32 Å². The van der Waals surface area contributed by atoms with Crippen LogP contribution >= 0.6 is 0 Å². The highest BCUT2D eigenvalue weighted by Crippen LogP contribution is 2.31. The third-order valence-electron chi connectivity index (χ3n) is 4.16. The molecule has 1 rings (SSSR count). The summed E-state index contributed by atoms with van der Waals surface area (Å²) >= 11 is 0. The van der Waals surface area contributed by atoms with Crippen molar-refractivity contribution in [3.05, 3.63) is 0 Å². The van der Waals surface area contributed by atoms with Crippen molar-refractivity contribution < 1.29 is 9.90 Å². The van der Waals surface area contributed by atoms with Crippen LogP contribution in [0.15, 0.2) is 0 Å². The van der Waals surface area contributed by atoms with Gasteiger partial charge in [-0.05, 0) is 58.5 Å². The van der Waals surface area contributed by atoms with E-state index >= 15 is 0 Å². The molecule has 0 aromatic carbocycles. The number of aliphatic carboxylic acids is 1. The lowest BCUT2D eigenvalue weighted by atomic mass is 9.92. The van der Waals surface area contributed by atoms with Gasteiger partial charge in [0.05, 0.1) is 0 Å². The zero-order chi connectivity index (χ0) is 14.5. The van der Waals surface area contributed by atoms with Crippen LogP contribution in [0.1, 0.15) is 53.4 Å². The standard InChI is InChI=1S/C15H30N2O2/c1-5-9-16-15(4,14(18)19)10-12(3)17(6-2)11-13-7-8-13/h12-13,16H,5-11H2,1-4H3,(H,18,19). The molecule has 1 fully saturated rings. The van der Waals surface area contributed by atoms with Gasteiger partial charge in [0.15, 0.2) is 0 Å². The van der Waals surface area contributed by atoms with Crippen LogP contribution in [-0.2, 0) is 4.79 Å². The maximum Gasteiger partial charge on any atom is 0.323 e. The van der Waals surface area contributed by atoms with Gasteiger partial charge in [-0.15, -0.1) is 0 Å². The zero-order valence-corrected chi connectivity index (χ0v) is 12.9. The first-order chi connectivity index (χ1) is 8.92. The molecule has 0 bridgehead atoms. The summed E-state index contributed by atoms with van der Waals surface area (Å²) in [4.78, 5) is 14.0. The number of carboxylic acid groups (broad SMARTS) is 1. The highest BCUT2D eigenvalue weighted by Gasteiger charge is 2.36. The zero-order valence-electron chi connectivity index (χ0n) is 12.9. The quantitative estimate of drug-likeness (QED) is 0.640. The number of rotatable bonds is 10. The van der Waals surface area contributed by atoms with Crippen LogP contribution in [-0.4, -0.2) is 47.2 Å². The molecule has 2 atom stereocenters. The van der Waals surface area contributed by atoms with Gasteiger partial charge in [0, 0.05) is 12.6 Å². The molecule has 0 amide bonds. The number of nitrogens with one attached hydrogen (secondary N) is 1. The first-order valence-electron chi connectivity index (χ1n) is 7.65. The largest absolute Gasteiger partial charge is 0.480 e. The average Bonchev–Trinajstić information content (AvgIpc) is 3.17. The summed E-state index contributed by atoms with van der Waals surface area (Å²) in [6.07, 6.45) is 4.29. The van der Waals surface area contributed by atoms with Crippen LogP contribution in [0, 0.1) is 5.92 Å². The van der Waals surface area contributed by atoms with Crippen molar-refractivity contribution in [1.29, 1.82) is 0 Å². The van der Waals surface area contributed by atoms with E-state index in [2.05, 4.69) is 31.0 Å². The van der Waals surface area contributed by atoms with Gasteiger partial charge >= 0.3 is 5.97 Å². The highest BCUT2D eigenvalue weighted by atomic mass is 16.4. The van der Waals surface area contributed by atoms with Crippen LogP contribution in [0.25, 0.3) is 0 Å². The molecule has 0 saturated heterocycles. The van der Waals surface area contributed by atoms with Gasteiger partial charge in [-0.25, -0.2) is 0 Å². The Bertz CT molecular complexity index is 292. The van der Waals surface area contributed by atoms with Crippen LogP contribution in [0.3, 0.4) is 0 Å². The summed E-state index contributed by atoms with van der Waals surface area (Å²) in [7, 11) is 0. The Balaban J connectivity index is 2.57. The predicted molar refractivity (Wildman–Crippen MR) is 78.4 cm³/mol. The van der Waals surface area contributed by atoms with Gasteiger partial charge < -0.3 is 15.3 Å². The van der Waals surface area contributed by atoms with Crippen molar-refractivity contribution >= 4 is 5.97 Å². The summed E-state index contributed by atoms with van der Waals surface area (Å²) < 4.78 is 0. The minimum Gasteiger partial charge on any atom is -0.480 e. The summed E-state index contributed by atoms with van der Waals surface area (Å²) in [5.41, 5.74) is -0.813. The number of nitrogens with zero attached hydrogens (tertiary/aromatic N) is 1. The molecule has 2 N–H and O–H groups in total. The van der Waals surface area contributed by atoms with E-state index in [0.29, 0.717) is 12.5 Å². The fourth-order valence-corrected chi connectivity index (χ4v) is 2.61. The Kier molecular flexibility index (Phi) is 6.27. The summed E-state index contributed by atoms with van der Waals surface area (Å²) in [6.45, 7) is 11.1. The second-order valence-corrected chi connectivity index (χ2v) is 6.15. The molecule has 112 valence electrons. The summed E-state index contributed by atoms with van der Waals surface area (Å²) in [5.74, 6) is 0.109. The Morgan fingerprint density at radius 3 is 2.53 bits per heavy atom. The van der Waals surface area contributed by atoms with Crippen LogP contribution in [0.5, 0.6) is 0 Å². The van der Waals surface area contributed by atoms with Crippen LogP contribution in [0.2, 0.25) is 0 Å². The fourth-order valence-electron chi connectivity index (χ4n) is 2.61. The second kappa shape index (κ2) is 7.25. The molecule has 0 aromatic rings. The van der Waals surface area contributed by atoms with Gasteiger partial charge in [-0.2, -0.15) is 0 Å². The Hall–Kier alpha value is -0.610. The number of hydrogen-bond acceptors (Lipinski definition) is 3. The van der Waals surface area contributed by atoms with Crippen LogP contribution in [0.4, 0.5) is 0 Å². The normalized spacial score (nSPS) is 20.3. The van der Waals surface area contributed by atoms with E-state index in [4.69, 9.17) is 0 Å². The molecule has 1 aliphatic rings. The molecular formula is C15H30N2O2. The molecule has 1 aliphatic carbocycles. The molecular weight excluding hydrogens is 240 g/mol. The molecule has 0 heterocycles. The highest BCUT2D eigenvalue weighted by molar-refractivity contribution is 5.78. The number of carboxylic acids is 1. The lowest BCUT2D eigenvalue weighted by molar-refractivity contribution is -0.145. The molecule has 2 unspecified atom stereocenters. The smallest absolute Gasteiger partial charge is 0.323 e. The monoisotopic (exact) mass is 270 g/mol.